The van der Waals surface area contributed by atoms with Crippen molar-refractivity contribution >= 4 is 5.97 Å². The van der Waals surface area contributed by atoms with E-state index in [4.69, 9.17) is 9.84 Å². The zero-order valence-electron chi connectivity index (χ0n) is 10.6. The molecule has 1 saturated carbocycles. The molecule has 0 amide bonds. The minimum absolute atomic E-state index is 0.254. The third-order valence-electron chi connectivity index (χ3n) is 3.06. The van der Waals surface area contributed by atoms with E-state index < -0.39 is 5.97 Å². The largest absolute Gasteiger partial charge is 0.478 e. The first-order valence-corrected chi connectivity index (χ1v) is 6.21. The van der Waals surface area contributed by atoms with Gasteiger partial charge in [-0.1, -0.05) is 0 Å². The van der Waals surface area contributed by atoms with Crippen molar-refractivity contribution < 1.29 is 14.6 Å². The lowest BCUT2D eigenvalue weighted by molar-refractivity contribution is 0.0695. The van der Waals surface area contributed by atoms with Crippen molar-refractivity contribution in [3.63, 3.8) is 0 Å². The van der Waals surface area contributed by atoms with Crippen LogP contribution in [0.1, 0.15) is 28.9 Å². The van der Waals surface area contributed by atoms with Gasteiger partial charge in [0.25, 0.3) is 0 Å². The fourth-order valence-electron chi connectivity index (χ4n) is 1.74. The van der Waals surface area contributed by atoms with Gasteiger partial charge >= 0.3 is 5.97 Å². The number of hydrogen-bond acceptors (Lipinski definition) is 4. The first kappa shape index (κ1) is 13.0. The lowest BCUT2D eigenvalue weighted by Gasteiger charge is -2.07. The molecule has 0 unspecified atom stereocenters. The summed E-state index contributed by atoms with van der Waals surface area (Å²) in [5, 5.41) is 16.1. The van der Waals surface area contributed by atoms with Crippen LogP contribution in [0.25, 0.3) is 0 Å². The Labute approximate surface area is 106 Å². The van der Waals surface area contributed by atoms with E-state index in [9.17, 15) is 4.79 Å². The van der Waals surface area contributed by atoms with Gasteiger partial charge in [-0.05, 0) is 18.8 Å². The fourth-order valence-corrected chi connectivity index (χ4v) is 1.74. The molecule has 1 aliphatic rings. The molecule has 0 aromatic carbocycles. The summed E-state index contributed by atoms with van der Waals surface area (Å²) in [4.78, 5) is 10.9. The van der Waals surface area contributed by atoms with Crippen LogP contribution in [-0.2, 0) is 18.3 Å². The number of carboxylic acids is 1. The van der Waals surface area contributed by atoms with Gasteiger partial charge in [0.15, 0.2) is 0 Å². The normalized spacial score (nSPS) is 14.9. The third-order valence-corrected chi connectivity index (χ3v) is 3.06. The predicted octanol–water partition coefficient (Wildman–Crippen LogP) is 0.634. The molecule has 1 fully saturated rings. The number of nitrogens with one attached hydrogen (secondary N) is 1. The van der Waals surface area contributed by atoms with Gasteiger partial charge in [-0.15, -0.1) is 0 Å². The van der Waals surface area contributed by atoms with Crippen LogP contribution in [0.2, 0.25) is 0 Å². The summed E-state index contributed by atoms with van der Waals surface area (Å²) in [6, 6.07) is 0. The predicted molar refractivity (Wildman–Crippen MR) is 65.4 cm³/mol. The molecule has 1 aromatic rings. The molecule has 2 rings (SSSR count). The fraction of sp³-hybridized carbons (Fsp3) is 0.667. The van der Waals surface area contributed by atoms with E-state index in [1.807, 2.05) is 0 Å². The Morgan fingerprint density at radius 3 is 3.11 bits per heavy atom. The van der Waals surface area contributed by atoms with Crippen molar-refractivity contribution in [2.24, 2.45) is 13.0 Å². The first-order chi connectivity index (χ1) is 8.68. The summed E-state index contributed by atoms with van der Waals surface area (Å²) < 4.78 is 7.07. The van der Waals surface area contributed by atoms with Crippen LogP contribution >= 0.6 is 0 Å². The van der Waals surface area contributed by atoms with Crippen molar-refractivity contribution in [2.75, 3.05) is 19.8 Å². The van der Waals surface area contributed by atoms with Crippen LogP contribution in [-0.4, -0.2) is 40.6 Å². The van der Waals surface area contributed by atoms with Crippen molar-refractivity contribution in [3.05, 3.63) is 17.5 Å². The summed E-state index contributed by atoms with van der Waals surface area (Å²) in [6.45, 7) is 2.73. The highest BCUT2D eigenvalue weighted by Crippen LogP contribution is 2.28. The number of nitrogens with zero attached hydrogens (tertiary/aromatic N) is 2. The molecular formula is C12H19N3O3. The zero-order valence-corrected chi connectivity index (χ0v) is 10.6. The third kappa shape index (κ3) is 3.54. The van der Waals surface area contributed by atoms with Crippen LogP contribution in [0.5, 0.6) is 0 Å². The standard InChI is InChI=1S/C12H19N3O3/c1-15-11(10(6-14-15)12(16)17)7-13-4-5-18-8-9-2-3-9/h6,9,13H,2-5,7-8H2,1H3,(H,16,17). The maximum absolute atomic E-state index is 10.9. The Balaban J connectivity index is 1.68. The van der Waals surface area contributed by atoms with Gasteiger partial charge < -0.3 is 15.2 Å². The van der Waals surface area contributed by atoms with Crippen molar-refractivity contribution in [2.45, 2.75) is 19.4 Å². The Kier molecular flexibility index (Phi) is 4.33. The van der Waals surface area contributed by atoms with E-state index in [1.54, 1.807) is 11.7 Å². The highest BCUT2D eigenvalue weighted by molar-refractivity contribution is 5.88. The maximum Gasteiger partial charge on any atom is 0.339 e. The molecule has 6 nitrogen and oxygen atoms in total. The summed E-state index contributed by atoms with van der Waals surface area (Å²) in [7, 11) is 1.74. The van der Waals surface area contributed by atoms with Gasteiger partial charge in [0.2, 0.25) is 0 Å². The molecule has 18 heavy (non-hydrogen) atoms. The van der Waals surface area contributed by atoms with Crippen molar-refractivity contribution in [3.8, 4) is 0 Å². The highest BCUT2D eigenvalue weighted by atomic mass is 16.5. The molecule has 2 N–H and O–H groups in total. The molecule has 0 bridgehead atoms. The monoisotopic (exact) mass is 253 g/mol. The van der Waals surface area contributed by atoms with Crippen molar-refractivity contribution in [1.29, 1.82) is 0 Å². The van der Waals surface area contributed by atoms with Crippen molar-refractivity contribution in [1.82, 2.24) is 15.1 Å². The molecular weight excluding hydrogens is 234 g/mol. The number of carbonyl (C=O) groups is 1. The number of aromatic nitrogens is 2. The average Bonchev–Trinajstić information content (AvgIpc) is 3.07. The number of carboxylic acid groups (broad SMARTS) is 1. The maximum atomic E-state index is 10.9. The molecule has 1 aromatic heterocycles. The molecule has 0 spiro atoms. The second-order valence-electron chi connectivity index (χ2n) is 4.63. The van der Waals surface area contributed by atoms with Gasteiger partial charge in [-0.25, -0.2) is 4.79 Å². The summed E-state index contributed by atoms with van der Waals surface area (Å²) >= 11 is 0. The number of rotatable bonds is 8. The second-order valence-corrected chi connectivity index (χ2v) is 4.63. The molecule has 100 valence electrons. The Morgan fingerprint density at radius 2 is 2.44 bits per heavy atom. The number of ether oxygens (including phenoxy) is 1. The topological polar surface area (TPSA) is 76.4 Å². The summed E-state index contributed by atoms with van der Waals surface area (Å²) in [6.07, 6.45) is 3.97. The molecule has 6 heteroatoms. The van der Waals surface area contributed by atoms with Gasteiger partial charge in [0, 0.05) is 26.7 Å². The van der Waals surface area contributed by atoms with Crippen LogP contribution < -0.4 is 5.32 Å². The number of aromatic carboxylic acids is 1. The van der Waals surface area contributed by atoms with Crippen LogP contribution in [0, 0.1) is 5.92 Å². The molecule has 0 atom stereocenters. The van der Waals surface area contributed by atoms with Gasteiger partial charge in [0.05, 0.1) is 18.5 Å². The molecule has 1 heterocycles. The summed E-state index contributed by atoms with van der Waals surface area (Å²) in [5.74, 6) is -0.162. The minimum atomic E-state index is -0.940. The van der Waals surface area contributed by atoms with Crippen LogP contribution in [0.4, 0.5) is 0 Å². The smallest absolute Gasteiger partial charge is 0.339 e. The SMILES string of the molecule is Cn1ncc(C(=O)O)c1CNCCOCC1CC1. The van der Waals surface area contributed by atoms with E-state index in [2.05, 4.69) is 10.4 Å². The lowest BCUT2D eigenvalue weighted by Crippen LogP contribution is -2.22. The number of aryl methyl sites for hydroxylation is 1. The van der Waals surface area contributed by atoms with Gasteiger partial charge in [0.1, 0.15) is 5.56 Å². The van der Waals surface area contributed by atoms with Crippen LogP contribution in [0.15, 0.2) is 6.20 Å². The van der Waals surface area contributed by atoms with Crippen LogP contribution in [0.3, 0.4) is 0 Å². The Bertz CT molecular complexity index is 413. The number of hydrogen-bond donors (Lipinski definition) is 2. The van der Waals surface area contributed by atoms with E-state index in [0.717, 1.165) is 19.1 Å². The molecule has 1 aliphatic carbocycles. The molecule has 0 saturated heterocycles. The zero-order chi connectivity index (χ0) is 13.0. The Morgan fingerprint density at radius 1 is 1.67 bits per heavy atom. The summed E-state index contributed by atoms with van der Waals surface area (Å²) in [5.41, 5.74) is 0.939. The van der Waals surface area contributed by atoms with E-state index in [-0.39, 0.29) is 5.56 Å². The lowest BCUT2D eigenvalue weighted by atomic mass is 10.2. The second kappa shape index (κ2) is 5.97. The molecule has 0 radical (unpaired) electrons. The molecule has 0 aliphatic heterocycles. The van der Waals surface area contributed by atoms with E-state index in [0.29, 0.717) is 18.8 Å². The van der Waals surface area contributed by atoms with E-state index in [1.165, 1.54) is 19.0 Å². The highest BCUT2D eigenvalue weighted by Gasteiger charge is 2.20. The first-order valence-electron chi connectivity index (χ1n) is 6.21. The van der Waals surface area contributed by atoms with E-state index >= 15 is 0 Å². The minimum Gasteiger partial charge on any atom is -0.478 e. The van der Waals surface area contributed by atoms with Gasteiger partial charge in [-0.2, -0.15) is 5.10 Å². The Hall–Kier alpha value is -1.40. The quantitative estimate of drug-likeness (QED) is 0.665. The average molecular weight is 253 g/mol. The van der Waals surface area contributed by atoms with Gasteiger partial charge in [-0.3, -0.25) is 4.68 Å².